The Morgan fingerprint density at radius 2 is 1.51 bits per heavy atom. The lowest BCUT2D eigenvalue weighted by molar-refractivity contribution is 0.285. The van der Waals surface area contributed by atoms with Crippen molar-refractivity contribution in [3.8, 4) is 0 Å². The van der Waals surface area contributed by atoms with Gasteiger partial charge in [-0.1, -0.05) is 56.1 Å². The number of rotatable bonds is 3. The Kier molecular flexibility index (Phi) is 6.08. The van der Waals surface area contributed by atoms with E-state index >= 15 is 0 Å². The van der Waals surface area contributed by atoms with Gasteiger partial charge in [0.05, 0.1) is 31.9 Å². The highest BCUT2D eigenvalue weighted by Gasteiger charge is 2.35. The second-order valence-corrected chi connectivity index (χ2v) is 11.8. The molecule has 0 spiro atoms. The Bertz CT molecular complexity index is 1750. The third kappa shape index (κ3) is 4.72. The average molecular weight is 538 g/mol. The Morgan fingerprint density at radius 1 is 0.892 bits per heavy atom. The normalized spacial score (nSPS) is 16.1. The number of para-hydroxylation sites is 2. The standard InChI is InChI=1S/C29H25Cl2NO5/c1-28(2,3)14-29(4,5)32-27-26-21(23(34)17-9-7-11-19(31)25(17)37-26)20(36-27)12-15-13-35-24-16(22(15)33)8-6-10-18(24)30/h6-13H,14H2,1-5H3/b20-12-,32-27?. The van der Waals surface area contributed by atoms with E-state index in [0.29, 0.717) is 20.8 Å². The van der Waals surface area contributed by atoms with Crippen molar-refractivity contribution in [3.05, 3.63) is 90.0 Å². The first-order valence-electron chi connectivity index (χ1n) is 11.8. The molecular weight excluding hydrogens is 513 g/mol. The molecule has 0 radical (unpaired) electrons. The third-order valence-corrected chi connectivity index (χ3v) is 6.54. The molecule has 3 heterocycles. The van der Waals surface area contributed by atoms with Crippen LogP contribution in [0.1, 0.15) is 57.9 Å². The van der Waals surface area contributed by atoms with Crippen molar-refractivity contribution < 1.29 is 13.6 Å². The summed E-state index contributed by atoms with van der Waals surface area (Å²) >= 11 is 12.5. The first kappa shape index (κ1) is 25.3. The van der Waals surface area contributed by atoms with Gasteiger partial charge in [0.25, 0.3) is 5.90 Å². The molecule has 5 rings (SSSR count). The molecule has 190 valence electrons. The molecule has 0 bridgehead atoms. The van der Waals surface area contributed by atoms with E-state index in [1.807, 2.05) is 13.8 Å². The number of benzene rings is 2. The molecule has 0 saturated heterocycles. The maximum absolute atomic E-state index is 13.6. The molecule has 37 heavy (non-hydrogen) atoms. The summed E-state index contributed by atoms with van der Waals surface area (Å²) < 4.78 is 17.9. The Morgan fingerprint density at radius 3 is 2.16 bits per heavy atom. The molecule has 0 unspecified atom stereocenters. The molecule has 0 amide bonds. The van der Waals surface area contributed by atoms with Gasteiger partial charge in [-0.2, -0.15) is 0 Å². The predicted octanol–water partition coefficient (Wildman–Crippen LogP) is 7.70. The fraction of sp³-hybridized carbons (Fsp3) is 0.276. The van der Waals surface area contributed by atoms with Crippen LogP contribution in [0, 0.1) is 5.41 Å². The quantitative estimate of drug-likeness (QED) is 0.267. The van der Waals surface area contributed by atoms with Crippen LogP contribution >= 0.6 is 23.2 Å². The lowest BCUT2D eigenvalue weighted by Crippen LogP contribution is -2.26. The number of aliphatic imine (C=N–C) groups is 1. The predicted molar refractivity (Wildman–Crippen MR) is 149 cm³/mol. The summed E-state index contributed by atoms with van der Waals surface area (Å²) in [4.78, 5) is 31.7. The number of nitrogens with zero attached hydrogens (tertiary/aromatic N) is 1. The fourth-order valence-corrected chi connectivity index (χ4v) is 5.36. The van der Waals surface area contributed by atoms with Crippen molar-refractivity contribution in [3.63, 3.8) is 0 Å². The third-order valence-electron chi connectivity index (χ3n) is 5.95. The zero-order valence-electron chi connectivity index (χ0n) is 21.1. The van der Waals surface area contributed by atoms with Crippen LogP contribution in [0.5, 0.6) is 0 Å². The number of ether oxygens (including phenoxy) is 1. The van der Waals surface area contributed by atoms with Gasteiger partial charge < -0.3 is 13.6 Å². The summed E-state index contributed by atoms with van der Waals surface area (Å²) in [6.45, 7) is 10.4. The molecular formula is C29H25Cl2NO5. The van der Waals surface area contributed by atoms with E-state index in [1.54, 1.807) is 36.4 Å². The Balaban J connectivity index is 1.75. The summed E-state index contributed by atoms with van der Waals surface area (Å²) in [5, 5.41) is 1.25. The van der Waals surface area contributed by atoms with Gasteiger partial charge in [-0.15, -0.1) is 0 Å². The Labute approximate surface area is 223 Å². The van der Waals surface area contributed by atoms with Crippen molar-refractivity contribution in [1.82, 2.24) is 0 Å². The average Bonchev–Trinajstić information content (AvgIpc) is 3.11. The number of halogens is 2. The van der Waals surface area contributed by atoms with Crippen LogP contribution in [0.15, 0.2) is 66.1 Å². The molecule has 1 aliphatic rings. The van der Waals surface area contributed by atoms with E-state index in [2.05, 4.69) is 20.8 Å². The molecule has 1 aliphatic heterocycles. The van der Waals surface area contributed by atoms with Crippen molar-refractivity contribution in [1.29, 1.82) is 0 Å². The van der Waals surface area contributed by atoms with Crippen LogP contribution in [-0.2, 0) is 4.74 Å². The van der Waals surface area contributed by atoms with Crippen LogP contribution in [0.3, 0.4) is 0 Å². The number of hydrogen-bond acceptors (Lipinski definition) is 6. The smallest absolute Gasteiger partial charge is 0.260 e. The molecule has 2 aromatic heterocycles. The molecule has 2 aromatic carbocycles. The van der Waals surface area contributed by atoms with Crippen molar-refractivity contribution in [2.45, 2.75) is 46.6 Å². The minimum atomic E-state index is -0.535. The van der Waals surface area contributed by atoms with Crippen molar-refractivity contribution >= 4 is 62.9 Å². The lowest BCUT2D eigenvalue weighted by Gasteiger charge is -2.29. The van der Waals surface area contributed by atoms with Gasteiger partial charge in [0, 0.05) is 0 Å². The van der Waals surface area contributed by atoms with Gasteiger partial charge in [-0.3, -0.25) is 9.59 Å². The molecule has 0 aliphatic carbocycles. The first-order valence-corrected chi connectivity index (χ1v) is 12.6. The maximum atomic E-state index is 13.6. The summed E-state index contributed by atoms with van der Waals surface area (Å²) in [5.41, 5.74) is -0.291. The van der Waals surface area contributed by atoms with Crippen molar-refractivity contribution in [2.75, 3.05) is 0 Å². The minimum Gasteiger partial charge on any atom is -0.462 e. The molecule has 0 N–H and O–H groups in total. The van der Waals surface area contributed by atoms with Gasteiger partial charge in [0.1, 0.15) is 17.6 Å². The first-order chi connectivity index (χ1) is 17.3. The molecule has 0 saturated carbocycles. The minimum absolute atomic E-state index is 0.00741. The molecule has 0 atom stereocenters. The summed E-state index contributed by atoms with van der Waals surface area (Å²) in [7, 11) is 0. The zero-order valence-corrected chi connectivity index (χ0v) is 22.6. The SMILES string of the molecule is CC(C)(C)CC(C)(C)N=C1O/C(=C\c2coc3c(Cl)cccc3c2=O)c2c1oc1c(Cl)cccc1c2=O. The number of hydrogen-bond donors (Lipinski definition) is 0. The highest BCUT2D eigenvalue weighted by molar-refractivity contribution is 6.35. The fourth-order valence-electron chi connectivity index (χ4n) is 4.93. The van der Waals surface area contributed by atoms with Gasteiger partial charge in [-0.05, 0) is 56.0 Å². The van der Waals surface area contributed by atoms with Gasteiger partial charge in [-0.25, -0.2) is 4.99 Å². The van der Waals surface area contributed by atoms with E-state index in [0.717, 1.165) is 6.42 Å². The second kappa shape index (κ2) is 8.89. The lowest BCUT2D eigenvalue weighted by atomic mass is 9.82. The Hall–Kier alpha value is -3.35. The summed E-state index contributed by atoms with van der Waals surface area (Å²) in [6.07, 6.45) is 3.51. The van der Waals surface area contributed by atoms with Crippen molar-refractivity contribution in [2.24, 2.45) is 10.4 Å². The highest BCUT2D eigenvalue weighted by atomic mass is 35.5. The maximum Gasteiger partial charge on any atom is 0.260 e. The van der Waals surface area contributed by atoms with E-state index < -0.39 is 5.54 Å². The van der Waals surface area contributed by atoms with Gasteiger partial charge >= 0.3 is 0 Å². The molecule has 6 nitrogen and oxygen atoms in total. The monoisotopic (exact) mass is 537 g/mol. The van der Waals surface area contributed by atoms with Crippen LogP contribution in [0.25, 0.3) is 33.8 Å². The topological polar surface area (TPSA) is 82.0 Å². The summed E-state index contributed by atoms with van der Waals surface area (Å²) in [5.74, 6) is 0.472. The number of fused-ring (bicyclic) bond motifs is 3. The van der Waals surface area contributed by atoms with Gasteiger partial charge in [0.15, 0.2) is 16.6 Å². The molecule has 8 heteroatoms. The molecule has 0 fully saturated rings. The van der Waals surface area contributed by atoms with Crippen LogP contribution < -0.4 is 10.9 Å². The zero-order chi connectivity index (χ0) is 26.7. The highest BCUT2D eigenvalue weighted by Crippen LogP contribution is 2.37. The molecule has 4 aromatic rings. The van der Waals surface area contributed by atoms with Crippen LogP contribution in [0.4, 0.5) is 0 Å². The van der Waals surface area contributed by atoms with E-state index in [9.17, 15) is 9.59 Å². The van der Waals surface area contributed by atoms with E-state index in [-0.39, 0.29) is 56.0 Å². The second-order valence-electron chi connectivity index (χ2n) is 11.0. The van der Waals surface area contributed by atoms with Gasteiger partial charge in [0.2, 0.25) is 11.2 Å². The van der Waals surface area contributed by atoms with Crippen LogP contribution in [-0.4, -0.2) is 11.4 Å². The summed E-state index contributed by atoms with van der Waals surface area (Å²) in [6, 6.07) is 9.91. The van der Waals surface area contributed by atoms with E-state index in [4.69, 9.17) is 41.8 Å². The van der Waals surface area contributed by atoms with E-state index in [1.165, 1.54) is 12.3 Å². The largest absolute Gasteiger partial charge is 0.462 e. The van der Waals surface area contributed by atoms with Crippen LogP contribution in [0.2, 0.25) is 10.0 Å².